The predicted molar refractivity (Wildman–Crippen MR) is 68.8 cm³/mol. The average molecular weight is 288 g/mol. The quantitative estimate of drug-likeness (QED) is 0.843. The van der Waals surface area contributed by atoms with Gasteiger partial charge in [0, 0.05) is 16.6 Å². The highest BCUT2D eigenvalue weighted by molar-refractivity contribution is 9.10. The third kappa shape index (κ3) is 3.77. The van der Waals surface area contributed by atoms with E-state index >= 15 is 0 Å². The van der Waals surface area contributed by atoms with Crippen LogP contribution in [0.1, 0.15) is 18.1 Å². The number of hydrogen-bond acceptors (Lipinski definition) is 3. The molecular formula is C12H18BrNO2. The minimum atomic E-state index is 0.0378. The number of aliphatic hydroxyl groups excluding tert-OH is 1. The van der Waals surface area contributed by atoms with Crippen LogP contribution in [-0.4, -0.2) is 24.9 Å². The zero-order chi connectivity index (χ0) is 12.0. The van der Waals surface area contributed by atoms with E-state index in [4.69, 9.17) is 9.84 Å². The first-order valence-corrected chi connectivity index (χ1v) is 6.21. The van der Waals surface area contributed by atoms with Gasteiger partial charge >= 0.3 is 0 Å². The standard InChI is InChI=1S/C12H18BrNO2/c1-3-14-8-10-7-11(13)6-9(2)12(10)16-5-4-15/h6-7,14-15H,3-5,8H2,1-2H3. The van der Waals surface area contributed by atoms with Crippen molar-refractivity contribution in [3.05, 3.63) is 27.7 Å². The Labute approximate surface area is 105 Å². The summed E-state index contributed by atoms with van der Waals surface area (Å²) >= 11 is 3.47. The SMILES string of the molecule is CCNCc1cc(Br)cc(C)c1OCCO. The van der Waals surface area contributed by atoms with Gasteiger partial charge in [-0.3, -0.25) is 0 Å². The first-order chi connectivity index (χ1) is 7.69. The summed E-state index contributed by atoms with van der Waals surface area (Å²) < 4.78 is 6.61. The van der Waals surface area contributed by atoms with Crippen LogP contribution in [0.25, 0.3) is 0 Å². The summed E-state index contributed by atoms with van der Waals surface area (Å²) in [6.07, 6.45) is 0. The van der Waals surface area contributed by atoms with Gasteiger partial charge in [-0.2, -0.15) is 0 Å². The van der Waals surface area contributed by atoms with Crippen molar-refractivity contribution in [1.82, 2.24) is 5.32 Å². The zero-order valence-electron chi connectivity index (χ0n) is 9.72. The van der Waals surface area contributed by atoms with E-state index in [-0.39, 0.29) is 6.61 Å². The van der Waals surface area contributed by atoms with Gasteiger partial charge in [-0.25, -0.2) is 0 Å². The smallest absolute Gasteiger partial charge is 0.126 e. The molecule has 4 heteroatoms. The molecule has 16 heavy (non-hydrogen) atoms. The Kier molecular flexibility index (Phi) is 5.80. The van der Waals surface area contributed by atoms with Crippen LogP contribution in [0.5, 0.6) is 5.75 Å². The van der Waals surface area contributed by atoms with Gasteiger partial charge in [0.05, 0.1) is 6.61 Å². The Morgan fingerprint density at radius 1 is 1.44 bits per heavy atom. The van der Waals surface area contributed by atoms with E-state index in [1.807, 2.05) is 19.1 Å². The summed E-state index contributed by atoms with van der Waals surface area (Å²) in [5.41, 5.74) is 2.19. The van der Waals surface area contributed by atoms with E-state index in [2.05, 4.69) is 28.2 Å². The molecule has 0 aliphatic heterocycles. The van der Waals surface area contributed by atoms with Crippen molar-refractivity contribution in [3.8, 4) is 5.75 Å². The Balaban J connectivity index is 2.91. The number of aryl methyl sites for hydroxylation is 1. The van der Waals surface area contributed by atoms with Crippen LogP contribution in [0.15, 0.2) is 16.6 Å². The number of aliphatic hydroxyl groups is 1. The number of nitrogens with one attached hydrogen (secondary N) is 1. The van der Waals surface area contributed by atoms with Crippen LogP contribution >= 0.6 is 15.9 Å². The monoisotopic (exact) mass is 287 g/mol. The van der Waals surface area contributed by atoms with E-state index in [1.54, 1.807) is 0 Å². The Morgan fingerprint density at radius 3 is 2.81 bits per heavy atom. The molecule has 3 nitrogen and oxygen atoms in total. The summed E-state index contributed by atoms with van der Waals surface area (Å²) in [4.78, 5) is 0. The Morgan fingerprint density at radius 2 is 2.19 bits per heavy atom. The van der Waals surface area contributed by atoms with E-state index in [0.717, 1.165) is 34.4 Å². The maximum absolute atomic E-state index is 8.79. The van der Waals surface area contributed by atoms with E-state index < -0.39 is 0 Å². The minimum absolute atomic E-state index is 0.0378. The molecule has 0 aromatic heterocycles. The first-order valence-electron chi connectivity index (χ1n) is 5.42. The van der Waals surface area contributed by atoms with E-state index in [0.29, 0.717) is 6.61 Å². The van der Waals surface area contributed by atoms with Crippen molar-refractivity contribution in [2.45, 2.75) is 20.4 Å². The van der Waals surface area contributed by atoms with Gasteiger partial charge in [-0.1, -0.05) is 22.9 Å². The largest absolute Gasteiger partial charge is 0.491 e. The predicted octanol–water partition coefficient (Wildman–Crippen LogP) is 2.24. The average Bonchev–Trinajstić information content (AvgIpc) is 2.24. The van der Waals surface area contributed by atoms with Crippen molar-refractivity contribution in [1.29, 1.82) is 0 Å². The molecule has 90 valence electrons. The van der Waals surface area contributed by atoms with Crippen molar-refractivity contribution < 1.29 is 9.84 Å². The van der Waals surface area contributed by atoms with Crippen molar-refractivity contribution in [3.63, 3.8) is 0 Å². The number of benzene rings is 1. The normalized spacial score (nSPS) is 10.5. The number of hydrogen-bond donors (Lipinski definition) is 2. The van der Waals surface area contributed by atoms with E-state index in [9.17, 15) is 0 Å². The van der Waals surface area contributed by atoms with E-state index in [1.165, 1.54) is 0 Å². The molecule has 0 spiro atoms. The maximum Gasteiger partial charge on any atom is 0.126 e. The van der Waals surface area contributed by atoms with Crippen LogP contribution in [0.2, 0.25) is 0 Å². The molecule has 0 aliphatic rings. The molecule has 1 aromatic rings. The first kappa shape index (κ1) is 13.5. The highest BCUT2D eigenvalue weighted by Crippen LogP contribution is 2.28. The summed E-state index contributed by atoms with van der Waals surface area (Å²) in [5.74, 6) is 0.873. The Bertz CT molecular complexity index is 342. The lowest BCUT2D eigenvalue weighted by Crippen LogP contribution is -2.14. The van der Waals surface area contributed by atoms with Crippen LogP contribution in [0, 0.1) is 6.92 Å². The lowest BCUT2D eigenvalue weighted by atomic mass is 10.1. The van der Waals surface area contributed by atoms with Gasteiger partial charge in [0.25, 0.3) is 0 Å². The highest BCUT2D eigenvalue weighted by atomic mass is 79.9. The molecule has 0 aliphatic carbocycles. The van der Waals surface area contributed by atoms with Gasteiger partial charge in [0.15, 0.2) is 0 Å². The summed E-state index contributed by atoms with van der Waals surface area (Å²) in [6, 6.07) is 4.06. The molecule has 0 bridgehead atoms. The summed E-state index contributed by atoms with van der Waals surface area (Å²) in [7, 11) is 0. The van der Waals surface area contributed by atoms with Crippen molar-refractivity contribution in [2.24, 2.45) is 0 Å². The van der Waals surface area contributed by atoms with Gasteiger partial charge in [0.1, 0.15) is 12.4 Å². The van der Waals surface area contributed by atoms with Crippen LogP contribution in [-0.2, 0) is 6.54 Å². The summed E-state index contributed by atoms with van der Waals surface area (Å²) in [5, 5.41) is 12.1. The number of ether oxygens (including phenoxy) is 1. The molecule has 2 N–H and O–H groups in total. The molecule has 0 heterocycles. The van der Waals surface area contributed by atoms with Crippen molar-refractivity contribution >= 4 is 15.9 Å². The minimum Gasteiger partial charge on any atom is -0.491 e. The lowest BCUT2D eigenvalue weighted by Gasteiger charge is -2.14. The van der Waals surface area contributed by atoms with Gasteiger partial charge in [-0.05, 0) is 31.2 Å². The fourth-order valence-corrected chi connectivity index (χ4v) is 2.16. The molecule has 0 atom stereocenters. The third-order valence-corrected chi connectivity index (χ3v) is 2.68. The summed E-state index contributed by atoms with van der Waals surface area (Å²) in [6.45, 7) is 6.15. The second-order valence-electron chi connectivity index (χ2n) is 3.56. The molecule has 0 saturated heterocycles. The van der Waals surface area contributed by atoms with Gasteiger partial charge in [-0.15, -0.1) is 0 Å². The molecule has 0 unspecified atom stereocenters. The Hall–Kier alpha value is -0.580. The lowest BCUT2D eigenvalue weighted by molar-refractivity contribution is 0.199. The molecule has 0 amide bonds. The molecule has 1 rings (SSSR count). The van der Waals surface area contributed by atoms with Crippen LogP contribution < -0.4 is 10.1 Å². The molecule has 0 fully saturated rings. The van der Waals surface area contributed by atoms with Gasteiger partial charge in [0.2, 0.25) is 0 Å². The number of halogens is 1. The molecular weight excluding hydrogens is 270 g/mol. The highest BCUT2D eigenvalue weighted by Gasteiger charge is 2.08. The maximum atomic E-state index is 8.79. The van der Waals surface area contributed by atoms with Gasteiger partial charge < -0.3 is 15.2 Å². The van der Waals surface area contributed by atoms with Crippen LogP contribution in [0.3, 0.4) is 0 Å². The van der Waals surface area contributed by atoms with Crippen LogP contribution in [0.4, 0.5) is 0 Å². The second kappa shape index (κ2) is 6.89. The van der Waals surface area contributed by atoms with Crippen molar-refractivity contribution in [2.75, 3.05) is 19.8 Å². The fraction of sp³-hybridized carbons (Fsp3) is 0.500. The fourth-order valence-electron chi connectivity index (χ4n) is 1.54. The third-order valence-electron chi connectivity index (χ3n) is 2.22. The molecule has 1 aromatic carbocycles. The topological polar surface area (TPSA) is 41.5 Å². The molecule has 0 radical (unpaired) electrons. The number of rotatable bonds is 6. The zero-order valence-corrected chi connectivity index (χ0v) is 11.3. The second-order valence-corrected chi connectivity index (χ2v) is 4.48. The molecule has 0 saturated carbocycles.